The quantitative estimate of drug-likeness (QED) is 0.873. The Balaban J connectivity index is 2.18. The molecule has 0 aliphatic heterocycles. The third kappa shape index (κ3) is 3.42. The monoisotopic (exact) mass is 297 g/mol. The Labute approximate surface area is 119 Å². The lowest BCUT2D eigenvalue weighted by atomic mass is 10.1. The van der Waals surface area contributed by atoms with Crippen LogP contribution in [-0.2, 0) is 19.8 Å². The number of aryl methyl sites for hydroxylation is 1. The Morgan fingerprint density at radius 1 is 1.33 bits per heavy atom. The first-order valence-corrected chi connectivity index (χ1v) is 6.18. The zero-order chi connectivity index (χ0) is 15.6. The summed E-state index contributed by atoms with van der Waals surface area (Å²) < 4.78 is 39.6. The highest BCUT2D eigenvalue weighted by Crippen LogP contribution is 2.29. The molecule has 0 saturated heterocycles. The molecule has 112 valence electrons. The first kappa shape index (κ1) is 15.1. The summed E-state index contributed by atoms with van der Waals surface area (Å²) in [6, 6.07) is 6.15. The van der Waals surface area contributed by atoms with E-state index in [2.05, 4.69) is 5.10 Å². The van der Waals surface area contributed by atoms with Gasteiger partial charge in [-0.1, -0.05) is 6.07 Å². The van der Waals surface area contributed by atoms with Crippen LogP contribution in [0.25, 0.3) is 0 Å². The van der Waals surface area contributed by atoms with E-state index in [1.54, 1.807) is 24.0 Å². The maximum atomic E-state index is 12.7. The van der Waals surface area contributed by atoms with Crippen LogP contribution in [0.3, 0.4) is 0 Å². The van der Waals surface area contributed by atoms with Gasteiger partial charge in [0, 0.05) is 25.9 Å². The molecule has 0 spiro atoms. The number of amides is 1. The summed E-state index contributed by atoms with van der Waals surface area (Å²) >= 11 is 0. The fourth-order valence-corrected chi connectivity index (χ4v) is 1.92. The minimum Gasteiger partial charge on any atom is -0.336 e. The molecule has 0 bridgehead atoms. The van der Waals surface area contributed by atoms with Crippen molar-refractivity contribution in [1.29, 1.82) is 0 Å². The fourth-order valence-electron chi connectivity index (χ4n) is 1.92. The summed E-state index contributed by atoms with van der Waals surface area (Å²) in [7, 11) is 3.27. The number of hydrogen-bond acceptors (Lipinski definition) is 2. The number of alkyl halides is 3. The van der Waals surface area contributed by atoms with Crippen LogP contribution in [0.4, 0.5) is 13.2 Å². The molecule has 0 N–H and O–H groups in total. The molecule has 2 rings (SSSR count). The molecule has 2 aromatic rings. The molecule has 7 heteroatoms. The Kier molecular flexibility index (Phi) is 4.02. The van der Waals surface area contributed by atoms with Gasteiger partial charge in [0.1, 0.15) is 0 Å². The minimum absolute atomic E-state index is 0.00879. The Bertz CT molecular complexity index is 649. The maximum absolute atomic E-state index is 12.7. The van der Waals surface area contributed by atoms with Crippen molar-refractivity contribution < 1.29 is 18.0 Å². The summed E-state index contributed by atoms with van der Waals surface area (Å²) in [6.07, 6.45) is -2.87. The number of hydrogen-bond donors (Lipinski definition) is 0. The van der Waals surface area contributed by atoms with E-state index in [4.69, 9.17) is 0 Å². The summed E-state index contributed by atoms with van der Waals surface area (Å²) in [5.41, 5.74) is -0.0328. The molecule has 4 nitrogen and oxygen atoms in total. The highest BCUT2D eigenvalue weighted by atomic mass is 19.4. The largest absolute Gasteiger partial charge is 0.416 e. The van der Waals surface area contributed by atoms with Crippen LogP contribution < -0.4 is 0 Å². The lowest BCUT2D eigenvalue weighted by Crippen LogP contribution is -2.27. The van der Waals surface area contributed by atoms with E-state index >= 15 is 0 Å². The predicted molar refractivity (Wildman–Crippen MR) is 70.4 cm³/mol. The SMILES string of the molecule is CN(Cc1ccnn1C)C(=O)c1cccc(C(F)(F)F)c1. The number of carbonyl (C=O) groups excluding carboxylic acids is 1. The second-order valence-electron chi connectivity index (χ2n) is 4.69. The van der Waals surface area contributed by atoms with E-state index in [1.807, 2.05) is 0 Å². The molecule has 0 aliphatic carbocycles. The van der Waals surface area contributed by atoms with Gasteiger partial charge in [0.05, 0.1) is 17.8 Å². The van der Waals surface area contributed by atoms with Gasteiger partial charge in [0.2, 0.25) is 0 Å². The van der Waals surface area contributed by atoms with Gasteiger partial charge < -0.3 is 4.90 Å². The van der Waals surface area contributed by atoms with E-state index in [1.165, 1.54) is 24.1 Å². The van der Waals surface area contributed by atoms with Gasteiger partial charge >= 0.3 is 6.18 Å². The predicted octanol–water partition coefficient (Wildman–Crippen LogP) is 2.71. The van der Waals surface area contributed by atoms with Gasteiger partial charge in [-0.05, 0) is 24.3 Å². The summed E-state index contributed by atoms with van der Waals surface area (Å²) in [5.74, 6) is -0.470. The molecule has 1 heterocycles. The number of rotatable bonds is 3. The fraction of sp³-hybridized carbons (Fsp3) is 0.286. The van der Waals surface area contributed by atoms with Crippen LogP contribution in [0.5, 0.6) is 0 Å². The molecule has 1 aromatic heterocycles. The molecular formula is C14H14F3N3O. The average Bonchev–Trinajstić information content (AvgIpc) is 2.82. The molecule has 0 saturated carbocycles. The molecule has 0 aliphatic rings. The van der Waals surface area contributed by atoms with Gasteiger partial charge in [-0.3, -0.25) is 9.48 Å². The Morgan fingerprint density at radius 3 is 2.62 bits per heavy atom. The molecule has 1 aromatic carbocycles. The molecular weight excluding hydrogens is 283 g/mol. The topological polar surface area (TPSA) is 38.1 Å². The third-order valence-corrected chi connectivity index (χ3v) is 3.11. The number of halogens is 3. The van der Waals surface area contributed by atoms with Crippen LogP contribution in [0.15, 0.2) is 36.5 Å². The van der Waals surface area contributed by atoms with Crippen LogP contribution >= 0.6 is 0 Å². The van der Waals surface area contributed by atoms with E-state index in [-0.39, 0.29) is 12.1 Å². The Morgan fingerprint density at radius 2 is 2.05 bits per heavy atom. The van der Waals surface area contributed by atoms with Crippen molar-refractivity contribution in [1.82, 2.24) is 14.7 Å². The summed E-state index contributed by atoms with van der Waals surface area (Å²) in [5, 5.41) is 3.98. The van der Waals surface area contributed by atoms with E-state index in [9.17, 15) is 18.0 Å². The van der Waals surface area contributed by atoms with Crippen LogP contribution in [0.2, 0.25) is 0 Å². The van der Waals surface area contributed by atoms with E-state index in [0.717, 1.165) is 17.8 Å². The summed E-state index contributed by atoms with van der Waals surface area (Å²) in [4.78, 5) is 13.5. The van der Waals surface area contributed by atoms with Gasteiger partial charge in [-0.2, -0.15) is 18.3 Å². The first-order valence-electron chi connectivity index (χ1n) is 6.18. The van der Waals surface area contributed by atoms with Gasteiger partial charge in [-0.15, -0.1) is 0 Å². The van der Waals surface area contributed by atoms with E-state index in [0.29, 0.717) is 0 Å². The molecule has 0 atom stereocenters. The van der Waals surface area contributed by atoms with Crippen molar-refractivity contribution in [3.63, 3.8) is 0 Å². The van der Waals surface area contributed by atoms with Crippen LogP contribution in [0.1, 0.15) is 21.6 Å². The Hall–Kier alpha value is -2.31. The number of carbonyl (C=O) groups is 1. The second kappa shape index (κ2) is 5.59. The van der Waals surface area contributed by atoms with Gasteiger partial charge in [-0.25, -0.2) is 0 Å². The molecule has 0 unspecified atom stereocenters. The third-order valence-electron chi connectivity index (χ3n) is 3.11. The van der Waals surface area contributed by atoms with Crippen molar-refractivity contribution in [3.8, 4) is 0 Å². The smallest absolute Gasteiger partial charge is 0.336 e. The van der Waals surface area contributed by atoms with Crippen LogP contribution in [-0.4, -0.2) is 27.6 Å². The van der Waals surface area contributed by atoms with Gasteiger partial charge in [0.15, 0.2) is 0 Å². The molecule has 1 amide bonds. The molecule has 21 heavy (non-hydrogen) atoms. The van der Waals surface area contributed by atoms with Crippen LogP contribution in [0, 0.1) is 0 Å². The van der Waals surface area contributed by atoms with Crippen molar-refractivity contribution in [2.75, 3.05) is 7.05 Å². The zero-order valence-electron chi connectivity index (χ0n) is 11.6. The highest BCUT2D eigenvalue weighted by molar-refractivity contribution is 5.94. The van der Waals surface area contributed by atoms with Crippen molar-refractivity contribution in [2.45, 2.75) is 12.7 Å². The normalized spacial score (nSPS) is 11.5. The first-order chi connectivity index (χ1) is 9.79. The lowest BCUT2D eigenvalue weighted by molar-refractivity contribution is -0.137. The zero-order valence-corrected chi connectivity index (χ0v) is 11.6. The number of aromatic nitrogens is 2. The van der Waals surface area contributed by atoms with Gasteiger partial charge in [0.25, 0.3) is 5.91 Å². The highest BCUT2D eigenvalue weighted by Gasteiger charge is 2.31. The second-order valence-corrected chi connectivity index (χ2v) is 4.69. The maximum Gasteiger partial charge on any atom is 0.416 e. The lowest BCUT2D eigenvalue weighted by Gasteiger charge is -2.18. The van der Waals surface area contributed by atoms with E-state index < -0.39 is 17.6 Å². The van der Waals surface area contributed by atoms with Crippen molar-refractivity contribution >= 4 is 5.91 Å². The van der Waals surface area contributed by atoms with Crippen molar-refractivity contribution in [3.05, 3.63) is 53.3 Å². The molecule has 0 radical (unpaired) electrons. The molecule has 0 fully saturated rings. The number of benzene rings is 1. The standard InChI is InChI=1S/C14H14F3N3O/c1-19(9-12-6-7-18-20(12)2)13(21)10-4-3-5-11(8-10)14(15,16)17/h3-8H,9H2,1-2H3. The average molecular weight is 297 g/mol. The number of nitrogens with zero attached hydrogens (tertiary/aromatic N) is 3. The van der Waals surface area contributed by atoms with Crippen molar-refractivity contribution in [2.24, 2.45) is 7.05 Å². The summed E-state index contributed by atoms with van der Waals surface area (Å²) in [6.45, 7) is 0.269. The minimum atomic E-state index is -4.46.